The lowest BCUT2D eigenvalue weighted by molar-refractivity contribution is 0.222. The normalized spacial score (nSPS) is 17.6. The molecule has 1 saturated heterocycles. The maximum Gasteiger partial charge on any atom is 0.185 e. The van der Waals surface area contributed by atoms with Gasteiger partial charge in [-0.05, 0) is 45.3 Å². The lowest BCUT2D eigenvalue weighted by Crippen LogP contribution is -2.35. The number of hydrogen-bond acceptors (Lipinski definition) is 5. The lowest BCUT2D eigenvalue weighted by Gasteiger charge is -2.31. The SMILES string of the molecule is CCCc1nc(N(C)CC2CCN(C)CC2)sc1CO. The Balaban J connectivity index is 1.96. The van der Waals surface area contributed by atoms with Crippen molar-refractivity contribution in [3.05, 3.63) is 10.6 Å². The van der Waals surface area contributed by atoms with Crippen molar-refractivity contribution < 1.29 is 5.11 Å². The molecule has 0 saturated carbocycles. The molecule has 0 aromatic carbocycles. The third kappa shape index (κ3) is 3.93. The van der Waals surface area contributed by atoms with Crippen LogP contribution in [0.4, 0.5) is 5.13 Å². The second kappa shape index (κ2) is 7.38. The number of aliphatic hydroxyl groups excluding tert-OH is 1. The molecule has 0 aliphatic carbocycles. The molecule has 20 heavy (non-hydrogen) atoms. The minimum Gasteiger partial charge on any atom is -0.391 e. The first kappa shape index (κ1) is 15.7. The van der Waals surface area contributed by atoms with Gasteiger partial charge in [0.2, 0.25) is 0 Å². The molecule has 1 aromatic rings. The van der Waals surface area contributed by atoms with Gasteiger partial charge in [-0.1, -0.05) is 24.7 Å². The zero-order valence-electron chi connectivity index (χ0n) is 12.9. The van der Waals surface area contributed by atoms with E-state index >= 15 is 0 Å². The molecule has 1 fully saturated rings. The molecule has 0 spiro atoms. The van der Waals surface area contributed by atoms with Crippen molar-refractivity contribution in [1.82, 2.24) is 9.88 Å². The van der Waals surface area contributed by atoms with Crippen molar-refractivity contribution in [3.63, 3.8) is 0 Å². The minimum absolute atomic E-state index is 0.120. The number of aliphatic hydroxyl groups is 1. The van der Waals surface area contributed by atoms with Crippen molar-refractivity contribution in [2.45, 2.75) is 39.2 Å². The van der Waals surface area contributed by atoms with Crippen LogP contribution in [0.2, 0.25) is 0 Å². The van der Waals surface area contributed by atoms with Gasteiger partial charge in [-0.2, -0.15) is 0 Å². The van der Waals surface area contributed by atoms with E-state index in [0.29, 0.717) is 0 Å². The number of thiazole rings is 1. The summed E-state index contributed by atoms with van der Waals surface area (Å²) in [6.45, 7) is 5.77. The molecule has 5 heteroatoms. The Labute approximate surface area is 126 Å². The molecular formula is C15H27N3OS. The molecule has 1 aliphatic rings. The standard InChI is InChI=1S/C15H27N3OS/c1-4-5-13-14(11-19)20-15(16-13)18(3)10-12-6-8-17(2)9-7-12/h12,19H,4-11H2,1-3H3. The number of rotatable bonds is 6. The van der Waals surface area contributed by atoms with Crippen LogP contribution in [-0.2, 0) is 13.0 Å². The summed E-state index contributed by atoms with van der Waals surface area (Å²) in [5.74, 6) is 0.771. The molecule has 1 aromatic heterocycles. The average molecular weight is 297 g/mol. The Hall–Kier alpha value is -0.650. The molecule has 4 nitrogen and oxygen atoms in total. The maximum atomic E-state index is 9.44. The second-order valence-electron chi connectivity index (χ2n) is 5.90. The maximum absolute atomic E-state index is 9.44. The van der Waals surface area contributed by atoms with E-state index in [2.05, 4.69) is 30.8 Å². The van der Waals surface area contributed by atoms with Gasteiger partial charge in [0.25, 0.3) is 0 Å². The molecule has 2 rings (SSSR count). The minimum atomic E-state index is 0.120. The highest BCUT2D eigenvalue weighted by molar-refractivity contribution is 7.15. The third-order valence-electron chi connectivity index (χ3n) is 4.09. The smallest absolute Gasteiger partial charge is 0.185 e. The van der Waals surface area contributed by atoms with Crippen LogP contribution >= 0.6 is 11.3 Å². The van der Waals surface area contributed by atoms with Gasteiger partial charge in [-0.15, -0.1) is 0 Å². The predicted molar refractivity (Wildman–Crippen MR) is 85.5 cm³/mol. The Bertz CT molecular complexity index is 413. The van der Waals surface area contributed by atoms with Crippen molar-refractivity contribution in [2.24, 2.45) is 5.92 Å². The molecular weight excluding hydrogens is 270 g/mol. The largest absolute Gasteiger partial charge is 0.391 e. The van der Waals surface area contributed by atoms with Crippen LogP contribution in [-0.4, -0.2) is 48.7 Å². The topological polar surface area (TPSA) is 39.6 Å². The van der Waals surface area contributed by atoms with Crippen LogP contribution in [0.25, 0.3) is 0 Å². The van der Waals surface area contributed by atoms with Crippen LogP contribution in [0, 0.1) is 5.92 Å². The van der Waals surface area contributed by atoms with Gasteiger partial charge in [-0.25, -0.2) is 4.98 Å². The zero-order chi connectivity index (χ0) is 14.5. The van der Waals surface area contributed by atoms with Crippen LogP contribution in [0.5, 0.6) is 0 Å². The Morgan fingerprint density at radius 2 is 2.10 bits per heavy atom. The van der Waals surface area contributed by atoms with E-state index in [1.807, 2.05) is 0 Å². The summed E-state index contributed by atoms with van der Waals surface area (Å²) in [5, 5.41) is 10.5. The predicted octanol–water partition coefficient (Wildman–Crippen LogP) is 2.37. The fraction of sp³-hybridized carbons (Fsp3) is 0.800. The summed E-state index contributed by atoms with van der Waals surface area (Å²) in [6.07, 6.45) is 4.60. The molecule has 2 heterocycles. The van der Waals surface area contributed by atoms with Crippen molar-refractivity contribution >= 4 is 16.5 Å². The monoisotopic (exact) mass is 297 g/mol. The number of piperidine rings is 1. The van der Waals surface area contributed by atoms with E-state index in [4.69, 9.17) is 4.98 Å². The van der Waals surface area contributed by atoms with Gasteiger partial charge in [0.05, 0.1) is 17.2 Å². The summed E-state index contributed by atoms with van der Waals surface area (Å²) < 4.78 is 0. The third-order valence-corrected chi connectivity index (χ3v) is 5.29. The Morgan fingerprint density at radius 3 is 2.70 bits per heavy atom. The molecule has 1 aliphatic heterocycles. The van der Waals surface area contributed by atoms with E-state index in [-0.39, 0.29) is 6.61 Å². The number of aryl methyl sites for hydroxylation is 1. The van der Waals surface area contributed by atoms with E-state index in [1.54, 1.807) is 11.3 Å². The van der Waals surface area contributed by atoms with Crippen molar-refractivity contribution in [3.8, 4) is 0 Å². The van der Waals surface area contributed by atoms with Gasteiger partial charge in [0.15, 0.2) is 5.13 Å². The Kier molecular flexibility index (Phi) is 5.81. The zero-order valence-corrected chi connectivity index (χ0v) is 13.7. The van der Waals surface area contributed by atoms with Crippen LogP contribution in [0.1, 0.15) is 36.8 Å². The number of likely N-dealkylation sites (tertiary alicyclic amines) is 1. The van der Waals surface area contributed by atoms with E-state index in [9.17, 15) is 5.11 Å². The number of anilines is 1. The van der Waals surface area contributed by atoms with Gasteiger partial charge >= 0.3 is 0 Å². The molecule has 0 amide bonds. The fourth-order valence-corrected chi connectivity index (χ4v) is 3.74. The van der Waals surface area contributed by atoms with Crippen LogP contribution in [0.15, 0.2) is 0 Å². The van der Waals surface area contributed by atoms with Crippen LogP contribution in [0.3, 0.4) is 0 Å². The first-order valence-electron chi connectivity index (χ1n) is 7.63. The van der Waals surface area contributed by atoms with Gasteiger partial charge in [-0.3, -0.25) is 0 Å². The first-order valence-corrected chi connectivity index (χ1v) is 8.44. The number of hydrogen-bond donors (Lipinski definition) is 1. The molecule has 0 radical (unpaired) electrons. The summed E-state index contributed by atoms with van der Waals surface area (Å²) in [7, 11) is 4.33. The average Bonchev–Trinajstić information content (AvgIpc) is 2.85. The van der Waals surface area contributed by atoms with Crippen molar-refractivity contribution in [2.75, 3.05) is 38.6 Å². The first-order chi connectivity index (χ1) is 9.63. The Morgan fingerprint density at radius 1 is 1.40 bits per heavy atom. The molecule has 114 valence electrons. The number of aromatic nitrogens is 1. The highest BCUT2D eigenvalue weighted by Gasteiger charge is 2.20. The summed E-state index contributed by atoms with van der Waals surface area (Å²) in [6, 6.07) is 0. The van der Waals surface area contributed by atoms with Gasteiger partial charge < -0.3 is 14.9 Å². The summed E-state index contributed by atoms with van der Waals surface area (Å²) in [5.41, 5.74) is 1.09. The van der Waals surface area contributed by atoms with Crippen molar-refractivity contribution in [1.29, 1.82) is 0 Å². The second-order valence-corrected chi connectivity index (χ2v) is 6.96. The highest BCUT2D eigenvalue weighted by atomic mass is 32.1. The van der Waals surface area contributed by atoms with E-state index in [0.717, 1.165) is 41.0 Å². The molecule has 1 N–H and O–H groups in total. The van der Waals surface area contributed by atoms with E-state index < -0.39 is 0 Å². The highest BCUT2D eigenvalue weighted by Crippen LogP contribution is 2.28. The number of nitrogens with zero attached hydrogens (tertiary/aromatic N) is 3. The molecule has 0 unspecified atom stereocenters. The van der Waals surface area contributed by atoms with E-state index in [1.165, 1.54) is 25.9 Å². The van der Waals surface area contributed by atoms with Gasteiger partial charge in [0, 0.05) is 13.6 Å². The lowest BCUT2D eigenvalue weighted by atomic mass is 9.97. The quantitative estimate of drug-likeness (QED) is 0.875. The molecule has 0 atom stereocenters. The van der Waals surface area contributed by atoms with Gasteiger partial charge in [0.1, 0.15) is 0 Å². The summed E-state index contributed by atoms with van der Waals surface area (Å²) in [4.78, 5) is 10.4. The molecule has 0 bridgehead atoms. The fourth-order valence-electron chi connectivity index (χ4n) is 2.80. The summed E-state index contributed by atoms with van der Waals surface area (Å²) >= 11 is 1.65. The van der Waals surface area contributed by atoms with Crippen LogP contribution < -0.4 is 4.90 Å².